The average molecular weight is 358 g/mol. The highest BCUT2D eigenvalue weighted by Crippen LogP contribution is 2.27. The van der Waals surface area contributed by atoms with Gasteiger partial charge in [-0.15, -0.1) is 0 Å². The van der Waals surface area contributed by atoms with Crippen LogP contribution in [0.25, 0.3) is 0 Å². The van der Waals surface area contributed by atoms with E-state index in [0.29, 0.717) is 37.6 Å². The zero-order chi connectivity index (χ0) is 15.2. The number of carbonyl (C=O) groups excluding carboxylic acids is 1. The molecule has 1 atom stereocenters. The molecule has 0 radical (unpaired) electrons. The molecule has 0 N–H and O–H groups in total. The van der Waals surface area contributed by atoms with Gasteiger partial charge in [-0.2, -0.15) is 0 Å². The minimum atomic E-state index is 0.0769. The van der Waals surface area contributed by atoms with Crippen molar-refractivity contribution < 1.29 is 19.0 Å². The summed E-state index contributed by atoms with van der Waals surface area (Å²) in [5, 5.41) is 0.743. The molecular formula is C15H20BrNO4. The first-order valence-electron chi connectivity index (χ1n) is 6.84. The summed E-state index contributed by atoms with van der Waals surface area (Å²) in [5.41, 5.74) is 0.916. The molecule has 0 aliphatic carbocycles. The highest BCUT2D eigenvalue weighted by atomic mass is 79.9. The number of morpholine rings is 1. The van der Waals surface area contributed by atoms with Crippen molar-refractivity contribution in [2.24, 2.45) is 0 Å². The maximum Gasteiger partial charge on any atom is 0.227 e. The lowest BCUT2D eigenvalue weighted by molar-refractivity contribution is -0.137. The van der Waals surface area contributed by atoms with Gasteiger partial charge < -0.3 is 19.1 Å². The smallest absolute Gasteiger partial charge is 0.227 e. The van der Waals surface area contributed by atoms with Gasteiger partial charge in [-0.05, 0) is 17.7 Å². The Balaban J connectivity index is 2.02. The number of hydrogen-bond donors (Lipinski definition) is 0. The summed E-state index contributed by atoms with van der Waals surface area (Å²) in [6.07, 6.45) is 0.433. The highest BCUT2D eigenvalue weighted by Gasteiger charge is 2.23. The van der Waals surface area contributed by atoms with Gasteiger partial charge in [0.25, 0.3) is 0 Å². The zero-order valence-electron chi connectivity index (χ0n) is 12.3. The molecule has 2 rings (SSSR count). The van der Waals surface area contributed by atoms with Crippen LogP contribution in [0.15, 0.2) is 18.2 Å². The Bertz CT molecular complexity index is 495. The van der Waals surface area contributed by atoms with E-state index < -0.39 is 0 Å². The molecule has 0 spiro atoms. The van der Waals surface area contributed by atoms with Gasteiger partial charge in [-0.25, -0.2) is 0 Å². The Morgan fingerprint density at radius 2 is 2.14 bits per heavy atom. The fourth-order valence-electron chi connectivity index (χ4n) is 2.32. The van der Waals surface area contributed by atoms with Gasteiger partial charge in [0.2, 0.25) is 5.91 Å². The number of methoxy groups -OCH3 is 2. The molecule has 116 valence electrons. The maximum absolute atomic E-state index is 12.4. The lowest BCUT2D eigenvalue weighted by atomic mass is 10.1. The minimum absolute atomic E-state index is 0.0769. The first kappa shape index (κ1) is 16.1. The van der Waals surface area contributed by atoms with Crippen molar-refractivity contribution in [3.63, 3.8) is 0 Å². The molecule has 1 unspecified atom stereocenters. The zero-order valence-corrected chi connectivity index (χ0v) is 13.9. The van der Waals surface area contributed by atoms with Gasteiger partial charge in [0.05, 0.1) is 33.4 Å². The molecule has 1 saturated heterocycles. The van der Waals surface area contributed by atoms with Crippen LogP contribution in [0.1, 0.15) is 5.56 Å². The topological polar surface area (TPSA) is 48.0 Å². The molecule has 0 aromatic heterocycles. The van der Waals surface area contributed by atoms with Crippen molar-refractivity contribution in [2.45, 2.75) is 12.5 Å². The number of nitrogens with zero attached hydrogens (tertiary/aromatic N) is 1. The second-order valence-corrected chi connectivity index (χ2v) is 5.50. The molecule has 0 saturated carbocycles. The van der Waals surface area contributed by atoms with Gasteiger partial charge in [0, 0.05) is 18.4 Å². The number of ether oxygens (including phenoxy) is 3. The lowest BCUT2D eigenvalue weighted by Crippen LogP contribution is -2.46. The summed E-state index contributed by atoms with van der Waals surface area (Å²) in [7, 11) is 3.18. The molecule has 1 aromatic rings. The average Bonchev–Trinajstić information content (AvgIpc) is 2.54. The standard InChI is InChI=1S/C15H20BrNO4/c1-19-13-4-3-11(7-14(13)20-2)8-15(18)17-5-6-21-12(9-16)10-17/h3-4,7,12H,5-6,8-10H2,1-2H3. The van der Waals surface area contributed by atoms with Crippen LogP contribution in [0.4, 0.5) is 0 Å². The van der Waals surface area contributed by atoms with Gasteiger partial charge in [-0.1, -0.05) is 22.0 Å². The lowest BCUT2D eigenvalue weighted by Gasteiger charge is -2.32. The van der Waals surface area contributed by atoms with E-state index in [4.69, 9.17) is 14.2 Å². The molecule has 0 bridgehead atoms. The number of benzene rings is 1. The van der Waals surface area contributed by atoms with Crippen LogP contribution in [0, 0.1) is 0 Å². The second-order valence-electron chi connectivity index (χ2n) is 4.85. The quantitative estimate of drug-likeness (QED) is 0.754. The van der Waals surface area contributed by atoms with E-state index >= 15 is 0 Å². The SMILES string of the molecule is COc1ccc(CC(=O)N2CCOC(CBr)C2)cc1OC. The van der Waals surface area contributed by atoms with Crippen LogP contribution in [0.5, 0.6) is 11.5 Å². The maximum atomic E-state index is 12.4. The van der Waals surface area contributed by atoms with E-state index in [1.165, 1.54) is 0 Å². The van der Waals surface area contributed by atoms with E-state index in [2.05, 4.69) is 15.9 Å². The second kappa shape index (κ2) is 7.66. The molecule has 1 aliphatic rings. The Labute approximate surface area is 133 Å². The van der Waals surface area contributed by atoms with E-state index in [9.17, 15) is 4.79 Å². The van der Waals surface area contributed by atoms with Crippen molar-refractivity contribution in [3.8, 4) is 11.5 Å². The molecule has 5 nitrogen and oxygen atoms in total. The van der Waals surface area contributed by atoms with Gasteiger partial charge in [-0.3, -0.25) is 4.79 Å². The molecule has 1 aromatic carbocycles. The van der Waals surface area contributed by atoms with Crippen LogP contribution in [0.3, 0.4) is 0 Å². The molecule has 21 heavy (non-hydrogen) atoms. The van der Waals surface area contributed by atoms with Crippen LogP contribution >= 0.6 is 15.9 Å². The predicted molar refractivity (Wildman–Crippen MR) is 83.4 cm³/mol. The molecule has 1 amide bonds. The monoisotopic (exact) mass is 357 g/mol. The van der Waals surface area contributed by atoms with E-state index in [0.717, 1.165) is 10.9 Å². The van der Waals surface area contributed by atoms with Crippen LogP contribution in [-0.2, 0) is 16.0 Å². The van der Waals surface area contributed by atoms with Crippen LogP contribution in [-0.4, -0.2) is 56.2 Å². The van der Waals surface area contributed by atoms with Crippen molar-refractivity contribution in [1.29, 1.82) is 0 Å². The van der Waals surface area contributed by atoms with Crippen LogP contribution < -0.4 is 9.47 Å². The third-order valence-corrected chi connectivity index (χ3v) is 4.19. The van der Waals surface area contributed by atoms with E-state index in [-0.39, 0.29) is 12.0 Å². The number of hydrogen-bond acceptors (Lipinski definition) is 4. The number of alkyl halides is 1. The summed E-state index contributed by atoms with van der Waals surface area (Å²) < 4.78 is 16.0. The van der Waals surface area contributed by atoms with Crippen molar-refractivity contribution in [2.75, 3.05) is 39.2 Å². The summed E-state index contributed by atoms with van der Waals surface area (Å²) >= 11 is 3.40. The van der Waals surface area contributed by atoms with Gasteiger partial charge in [0.15, 0.2) is 11.5 Å². The number of carbonyl (C=O) groups is 1. The normalized spacial score (nSPS) is 18.4. The Hall–Kier alpha value is -1.27. The van der Waals surface area contributed by atoms with Gasteiger partial charge in [0.1, 0.15) is 0 Å². The Morgan fingerprint density at radius 1 is 1.38 bits per heavy atom. The highest BCUT2D eigenvalue weighted by molar-refractivity contribution is 9.09. The first-order valence-corrected chi connectivity index (χ1v) is 7.96. The largest absolute Gasteiger partial charge is 0.493 e. The van der Waals surface area contributed by atoms with E-state index in [1.54, 1.807) is 14.2 Å². The van der Waals surface area contributed by atoms with E-state index in [1.807, 2.05) is 23.1 Å². The van der Waals surface area contributed by atoms with Crippen molar-refractivity contribution >= 4 is 21.8 Å². The third kappa shape index (κ3) is 4.11. The van der Waals surface area contributed by atoms with Crippen LogP contribution in [0.2, 0.25) is 0 Å². The molecule has 1 fully saturated rings. The number of amides is 1. The first-order chi connectivity index (χ1) is 10.2. The van der Waals surface area contributed by atoms with Crippen molar-refractivity contribution in [1.82, 2.24) is 4.90 Å². The fourth-order valence-corrected chi connectivity index (χ4v) is 2.71. The minimum Gasteiger partial charge on any atom is -0.493 e. The predicted octanol–water partition coefficient (Wildman–Crippen LogP) is 1.87. The molecule has 1 heterocycles. The van der Waals surface area contributed by atoms with Gasteiger partial charge >= 0.3 is 0 Å². The summed E-state index contributed by atoms with van der Waals surface area (Å²) in [6.45, 7) is 1.88. The molecule has 6 heteroatoms. The summed E-state index contributed by atoms with van der Waals surface area (Å²) in [6, 6.07) is 5.56. The fraction of sp³-hybridized carbons (Fsp3) is 0.533. The Morgan fingerprint density at radius 3 is 2.81 bits per heavy atom. The number of rotatable bonds is 5. The molecular weight excluding hydrogens is 338 g/mol. The molecule has 1 aliphatic heterocycles. The van der Waals surface area contributed by atoms with Crippen molar-refractivity contribution in [3.05, 3.63) is 23.8 Å². The summed E-state index contributed by atoms with van der Waals surface area (Å²) in [5.74, 6) is 1.42. The third-order valence-electron chi connectivity index (χ3n) is 3.47. The summed E-state index contributed by atoms with van der Waals surface area (Å²) in [4.78, 5) is 14.2. The Kier molecular flexibility index (Phi) is 5.87. The number of halogens is 1.